The predicted octanol–water partition coefficient (Wildman–Crippen LogP) is 8.44. The number of aliphatic hydroxyl groups is 1. The molecule has 0 aliphatic heterocycles. The fraction of sp³-hybridized carbons (Fsp3) is 0.333. The van der Waals surface area contributed by atoms with Crippen LogP contribution < -0.4 is 0 Å². The molecule has 2 nitrogen and oxygen atoms in total. The van der Waals surface area contributed by atoms with Gasteiger partial charge in [0.15, 0.2) is 23.2 Å². The Balaban J connectivity index is 1.43. The first-order chi connectivity index (χ1) is 17.3. The number of aliphatic hydroxyl groups excluding tert-OH is 1. The Kier molecular flexibility index (Phi) is 8.14. The van der Waals surface area contributed by atoms with Gasteiger partial charge in [-0.05, 0) is 72.8 Å². The van der Waals surface area contributed by atoms with E-state index >= 15 is 8.78 Å². The average Bonchev–Trinajstić information content (AvgIpc) is 2.89. The standard InChI is InChI=1S/C30H30F4O2/c1-2-3-25(35)21-12-10-20(11-13-21)24-16-15-23(28(32)29(24)33)19-7-4-18(5-8-19)6-9-22-14-17-26(36)30(34)27(22)31/h6,9-19,25,35-36H,2-5,7-8H2,1H3/b9-6+. The third kappa shape index (κ3) is 5.49. The van der Waals surface area contributed by atoms with Gasteiger partial charge in [-0.15, -0.1) is 0 Å². The van der Waals surface area contributed by atoms with E-state index in [1.54, 1.807) is 36.4 Å². The van der Waals surface area contributed by atoms with Gasteiger partial charge in [0.1, 0.15) is 0 Å². The molecule has 0 saturated heterocycles. The maximum absolute atomic E-state index is 15.1. The van der Waals surface area contributed by atoms with E-state index < -0.39 is 35.1 Å². The number of benzene rings is 3. The third-order valence-electron chi connectivity index (χ3n) is 7.13. The lowest BCUT2D eigenvalue weighted by Crippen LogP contribution is -2.13. The van der Waals surface area contributed by atoms with E-state index in [2.05, 4.69) is 0 Å². The summed E-state index contributed by atoms with van der Waals surface area (Å²) in [6.45, 7) is 1.99. The third-order valence-corrected chi connectivity index (χ3v) is 7.13. The van der Waals surface area contributed by atoms with Crippen molar-refractivity contribution in [2.75, 3.05) is 0 Å². The molecule has 0 radical (unpaired) electrons. The van der Waals surface area contributed by atoms with Gasteiger partial charge >= 0.3 is 0 Å². The molecule has 0 aromatic heterocycles. The van der Waals surface area contributed by atoms with Gasteiger partial charge in [0, 0.05) is 11.1 Å². The molecule has 1 fully saturated rings. The maximum atomic E-state index is 15.1. The first kappa shape index (κ1) is 26.0. The summed E-state index contributed by atoms with van der Waals surface area (Å²) in [7, 11) is 0. The first-order valence-electron chi connectivity index (χ1n) is 12.4. The number of allylic oxidation sites excluding steroid dienone is 1. The van der Waals surface area contributed by atoms with Crippen LogP contribution in [-0.2, 0) is 0 Å². The normalized spacial score (nSPS) is 19.1. The van der Waals surface area contributed by atoms with E-state index in [1.807, 2.05) is 13.0 Å². The summed E-state index contributed by atoms with van der Waals surface area (Å²) >= 11 is 0. The molecule has 0 amide bonds. The maximum Gasteiger partial charge on any atom is 0.200 e. The highest BCUT2D eigenvalue weighted by Gasteiger charge is 2.26. The number of hydrogen-bond donors (Lipinski definition) is 2. The fourth-order valence-corrected chi connectivity index (χ4v) is 4.97. The Morgan fingerprint density at radius 2 is 1.53 bits per heavy atom. The number of halogens is 4. The van der Waals surface area contributed by atoms with Crippen LogP contribution in [0.1, 0.15) is 74.2 Å². The van der Waals surface area contributed by atoms with E-state index in [0.717, 1.165) is 18.1 Å². The van der Waals surface area contributed by atoms with E-state index in [9.17, 15) is 19.0 Å². The molecular weight excluding hydrogens is 468 g/mol. The van der Waals surface area contributed by atoms with E-state index in [1.165, 1.54) is 12.1 Å². The Bertz CT molecular complexity index is 1230. The van der Waals surface area contributed by atoms with Crippen LogP contribution in [0, 0.1) is 29.2 Å². The minimum Gasteiger partial charge on any atom is -0.505 e. The monoisotopic (exact) mass is 498 g/mol. The van der Waals surface area contributed by atoms with Crippen molar-refractivity contribution in [2.45, 2.75) is 57.5 Å². The van der Waals surface area contributed by atoms with Crippen molar-refractivity contribution < 1.29 is 27.8 Å². The van der Waals surface area contributed by atoms with Gasteiger partial charge in [-0.3, -0.25) is 0 Å². The zero-order chi connectivity index (χ0) is 25.8. The molecule has 1 aliphatic rings. The molecule has 6 heteroatoms. The lowest BCUT2D eigenvalue weighted by atomic mass is 9.78. The molecule has 0 spiro atoms. The molecule has 2 N–H and O–H groups in total. The van der Waals surface area contributed by atoms with Gasteiger partial charge in [-0.1, -0.05) is 61.9 Å². The average molecular weight is 499 g/mol. The summed E-state index contributed by atoms with van der Waals surface area (Å²) in [5.74, 6) is -4.80. The predicted molar refractivity (Wildman–Crippen MR) is 133 cm³/mol. The Morgan fingerprint density at radius 3 is 2.19 bits per heavy atom. The van der Waals surface area contributed by atoms with E-state index in [-0.39, 0.29) is 23.0 Å². The number of phenolic OH excluding ortho intramolecular Hbond substituents is 1. The van der Waals surface area contributed by atoms with Crippen molar-refractivity contribution in [3.8, 4) is 16.9 Å². The smallest absolute Gasteiger partial charge is 0.200 e. The highest BCUT2D eigenvalue weighted by atomic mass is 19.2. The molecule has 0 bridgehead atoms. The largest absolute Gasteiger partial charge is 0.505 e. The number of rotatable bonds is 7. The second-order valence-electron chi connectivity index (χ2n) is 9.53. The summed E-state index contributed by atoms with van der Waals surface area (Å²) in [6, 6.07) is 12.6. The second kappa shape index (κ2) is 11.3. The molecule has 1 aliphatic carbocycles. The zero-order valence-corrected chi connectivity index (χ0v) is 20.2. The molecule has 190 valence electrons. The molecule has 1 unspecified atom stereocenters. The summed E-state index contributed by atoms with van der Waals surface area (Å²) in [6.07, 6.45) is 6.97. The minimum atomic E-state index is -1.27. The summed E-state index contributed by atoms with van der Waals surface area (Å²) < 4.78 is 57.6. The van der Waals surface area contributed by atoms with Crippen LogP contribution in [-0.4, -0.2) is 10.2 Å². The quantitative estimate of drug-likeness (QED) is 0.321. The summed E-state index contributed by atoms with van der Waals surface area (Å²) in [5.41, 5.74) is 1.91. The van der Waals surface area contributed by atoms with Gasteiger partial charge in [-0.25, -0.2) is 13.2 Å². The first-order valence-corrected chi connectivity index (χ1v) is 12.4. The van der Waals surface area contributed by atoms with Crippen LogP contribution in [0.3, 0.4) is 0 Å². The van der Waals surface area contributed by atoms with Crippen molar-refractivity contribution in [3.05, 3.63) is 94.6 Å². The van der Waals surface area contributed by atoms with Gasteiger partial charge < -0.3 is 10.2 Å². The van der Waals surface area contributed by atoms with Gasteiger partial charge in [0.05, 0.1) is 6.10 Å². The van der Waals surface area contributed by atoms with Crippen molar-refractivity contribution in [1.29, 1.82) is 0 Å². The molecule has 36 heavy (non-hydrogen) atoms. The van der Waals surface area contributed by atoms with Crippen molar-refractivity contribution >= 4 is 6.08 Å². The Morgan fingerprint density at radius 1 is 0.833 bits per heavy atom. The van der Waals surface area contributed by atoms with Gasteiger partial charge in [-0.2, -0.15) is 4.39 Å². The molecule has 0 heterocycles. The van der Waals surface area contributed by atoms with Crippen molar-refractivity contribution in [1.82, 2.24) is 0 Å². The van der Waals surface area contributed by atoms with E-state index in [0.29, 0.717) is 43.2 Å². The van der Waals surface area contributed by atoms with Gasteiger partial charge in [0.2, 0.25) is 5.82 Å². The lowest BCUT2D eigenvalue weighted by Gasteiger charge is -2.27. The number of phenols is 1. The SMILES string of the molecule is CCCC(O)c1ccc(-c2ccc(C3CCC(/C=C/c4ccc(O)c(F)c4F)CC3)c(F)c2F)cc1. The Hall–Kier alpha value is -3.12. The van der Waals surface area contributed by atoms with Crippen molar-refractivity contribution in [3.63, 3.8) is 0 Å². The molecule has 4 rings (SSSR count). The molecule has 1 atom stereocenters. The summed E-state index contributed by atoms with van der Waals surface area (Å²) in [4.78, 5) is 0. The van der Waals surface area contributed by atoms with Crippen LogP contribution in [0.4, 0.5) is 17.6 Å². The number of hydrogen-bond acceptors (Lipinski definition) is 2. The van der Waals surface area contributed by atoms with E-state index in [4.69, 9.17) is 0 Å². The minimum absolute atomic E-state index is 0.0593. The highest BCUT2D eigenvalue weighted by molar-refractivity contribution is 5.65. The topological polar surface area (TPSA) is 40.5 Å². The Labute approximate surface area is 208 Å². The molecule has 3 aromatic rings. The van der Waals surface area contributed by atoms with Crippen LogP contribution in [0.15, 0.2) is 54.6 Å². The molecule has 1 saturated carbocycles. The van der Waals surface area contributed by atoms with Crippen LogP contribution in [0.2, 0.25) is 0 Å². The van der Waals surface area contributed by atoms with Crippen LogP contribution in [0.25, 0.3) is 17.2 Å². The zero-order valence-electron chi connectivity index (χ0n) is 20.2. The lowest BCUT2D eigenvalue weighted by molar-refractivity contribution is 0.166. The van der Waals surface area contributed by atoms with Crippen molar-refractivity contribution in [2.24, 2.45) is 5.92 Å². The van der Waals surface area contributed by atoms with Crippen LogP contribution >= 0.6 is 0 Å². The summed E-state index contributed by atoms with van der Waals surface area (Å²) in [5, 5.41) is 19.4. The molecular formula is C30H30F4O2. The number of aromatic hydroxyl groups is 1. The highest BCUT2D eigenvalue weighted by Crippen LogP contribution is 2.39. The van der Waals surface area contributed by atoms with Gasteiger partial charge in [0.25, 0.3) is 0 Å². The second-order valence-corrected chi connectivity index (χ2v) is 9.53. The fourth-order valence-electron chi connectivity index (χ4n) is 4.97. The van der Waals surface area contributed by atoms with Crippen LogP contribution in [0.5, 0.6) is 5.75 Å². The molecule has 3 aromatic carbocycles.